The molecular weight excluding hydrogens is 517 g/mol. The molecule has 0 aromatic rings. The molecule has 0 aliphatic carbocycles. The molecule has 0 saturated heterocycles. The highest BCUT2D eigenvalue weighted by Gasteiger charge is 2.20. The van der Waals surface area contributed by atoms with E-state index in [-0.39, 0.29) is 0 Å². The van der Waals surface area contributed by atoms with Gasteiger partial charge in [0.05, 0.1) is 13.2 Å². The molecule has 5 nitrogen and oxygen atoms in total. The van der Waals surface area contributed by atoms with Crippen LogP contribution in [0.4, 0.5) is 0 Å². The first-order chi connectivity index (χ1) is 19.6. The van der Waals surface area contributed by atoms with Crippen molar-refractivity contribution in [2.24, 2.45) is 0 Å². The summed E-state index contributed by atoms with van der Waals surface area (Å²) >= 11 is 0. The van der Waals surface area contributed by atoms with Gasteiger partial charge in [0.1, 0.15) is 0 Å². The van der Waals surface area contributed by atoms with E-state index in [0.717, 1.165) is 38.6 Å². The lowest BCUT2D eigenvalue weighted by atomic mass is 10.1. The van der Waals surface area contributed by atoms with Gasteiger partial charge < -0.3 is 9.79 Å². The fraction of sp³-hybridized carbons (Fsp3) is 1.00. The van der Waals surface area contributed by atoms with Crippen LogP contribution in [0.25, 0.3) is 0 Å². The van der Waals surface area contributed by atoms with Gasteiger partial charge in [-0.15, -0.1) is 0 Å². The third-order valence-electron chi connectivity index (χ3n) is 8.03. The van der Waals surface area contributed by atoms with Crippen LogP contribution in [0.15, 0.2) is 0 Å². The Morgan fingerprint density at radius 3 is 1.00 bits per heavy atom. The van der Waals surface area contributed by atoms with Crippen molar-refractivity contribution >= 4 is 7.82 Å². The summed E-state index contributed by atoms with van der Waals surface area (Å²) in [6.45, 7) is 11.0. The van der Waals surface area contributed by atoms with Gasteiger partial charge in [-0.1, -0.05) is 149 Å². The minimum atomic E-state index is -3.90. The fourth-order valence-electron chi connectivity index (χ4n) is 5.34. The number of hydrogen-bond donors (Lipinski definition) is 1. The Morgan fingerprint density at radius 1 is 0.425 bits per heavy atom. The van der Waals surface area contributed by atoms with Crippen LogP contribution in [0.1, 0.15) is 188 Å². The SMILES string of the molecule is CCCCCCCCCCCOP(=O)(O)OCCCCCN(CCCCCCCCC)CCCCCCCCC. The average Bonchev–Trinajstić information content (AvgIpc) is 2.94. The predicted octanol–water partition coefficient (Wildman–Crippen LogP) is 11.6. The van der Waals surface area contributed by atoms with Crippen LogP contribution in [-0.2, 0) is 13.6 Å². The number of hydrogen-bond acceptors (Lipinski definition) is 4. The molecule has 0 aromatic heterocycles. The average molecular weight is 590 g/mol. The van der Waals surface area contributed by atoms with Gasteiger partial charge in [-0.2, -0.15) is 0 Å². The minimum Gasteiger partial charge on any atom is -0.303 e. The van der Waals surface area contributed by atoms with Crippen molar-refractivity contribution in [3.05, 3.63) is 0 Å². The predicted molar refractivity (Wildman–Crippen MR) is 175 cm³/mol. The van der Waals surface area contributed by atoms with Crippen LogP contribution in [-0.4, -0.2) is 42.6 Å². The zero-order valence-electron chi connectivity index (χ0n) is 27.5. The normalized spacial score (nSPS) is 13.3. The maximum atomic E-state index is 12.2. The molecule has 0 amide bonds. The molecule has 1 atom stereocenters. The van der Waals surface area contributed by atoms with E-state index in [1.807, 2.05) is 0 Å². The second-order valence-electron chi connectivity index (χ2n) is 12.1. The monoisotopic (exact) mass is 590 g/mol. The Labute approximate surface area is 251 Å². The number of unbranched alkanes of at least 4 members (excludes halogenated alkanes) is 22. The summed E-state index contributed by atoms with van der Waals surface area (Å²) < 4.78 is 22.6. The van der Waals surface area contributed by atoms with Crippen molar-refractivity contribution < 1.29 is 18.5 Å². The lowest BCUT2D eigenvalue weighted by Crippen LogP contribution is -2.27. The van der Waals surface area contributed by atoms with Crippen LogP contribution in [0, 0.1) is 0 Å². The molecule has 0 spiro atoms. The van der Waals surface area contributed by atoms with Gasteiger partial charge in [0.2, 0.25) is 0 Å². The molecule has 0 radical (unpaired) electrons. The fourth-order valence-corrected chi connectivity index (χ4v) is 6.14. The van der Waals surface area contributed by atoms with E-state index in [2.05, 4.69) is 25.7 Å². The van der Waals surface area contributed by atoms with Gasteiger partial charge in [0.15, 0.2) is 0 Å². The van der Waals surface area contributed by atoms with Crippen LogP contribution < -0.4 is 0 Å². The highest BCUT2D eigenvalue weighted by atomic mass is 31.2. The molecular formula is C34H72NO4P. The molecule has 0 aliphatic rings. The van der Waals surface area contributed by atoms with E-state index in [1.165, 1.54) is 148 Å². The van der Waals surface area contributed by atoms with Gasteiger partial charge >= 0.3 is 7.82 Å². The van der Waals surface area contributed by atoms with E-state index < -0.39 is 7.82 Å². The second kappa shape index (κ2) is 32.0. The molecule has 6 heteroatoms. The van der Waals surface area contributed by atoms with Gasteiger partial charge in [0.25, 0.3) is 0 Å². The van der Waals surface area contributed by atoms with Crippen LogP contribution in [0.5, 0.6) is 0 Å². The van der Waals surface area contributed by atoms with Crippen molar-refractivity contribution in [3.8, 4) is 0 Å². The first-order valence-electron chi connectivity index (χ1n) is 17.9. The summed E-state index contributed by atoms with van der Waals surface area (Å²) in [6, 6.07) is 0. The van der Waals surface area contributed by atoms with Crippen LogP contribution in [0.3, 0.4) is 0 Å². The molecule has 0 rings (SSSR count). The summed E-state index contributed by atoms with van der Waals surface area (Å²) in [7, 11) is -3.90. The molecule has 1 N–H and O–H groups in total. The molecule has 0 saturated carbocycles. The first-order valence-corrected chi connectivity index (χ1v) is 19.4. The smallest absolute Gasteiger partial charge is 0.303 e. The Bertz CT molecular complexity index is 516. The number of nitrogens with zero attached hydrogens (tertiary/aromatic N) is 1. The molecule has 0 aromatic carbocycles. The Balaban J connectivity index is 3.94. The van der Waals surface area contributed by atoms with E-state index in [0.29, 0.717) is 13.2 Å². The van der Waals surface area contributed by atoms with Crippen molar-refractivity contribution in [2.75, 3.05) is 32.8 Å². The molecule has 40 heavy (non-hydrogen) atoms. The first kappa shape index (κ1) is 40.1. The third kappa shape index (κ3) is 31.0. The highest BCUT2D eigenvalue weighted by molar-refractivity contribution is 7.47. The van der Waals surface area contributed by atoms with Crippen molar-refractivity contribution in [3.63, 3.8) is 0 Å². The topological polar surface area (TPSA) is 59.0 Å². The zero-order chi connectivity index (χ0) is 29.4. The Kier molecular flexibility index (Phi) is 32.0. The summed E-state index contributed by atoms with van der Waals surface area (Å²) in [4.78, 5) is 12.6. The quantitative estimate of drug-likeness (QED) is 0.0597. The molecule has 0 heterocycles. The van der Waals surface area contributed by atoms with Crippen LogP contribution >= 0.6 is 7.82 Å². The number of rotatable bonds is 34. The third-order valence-corrected chi connectivity index (χ3v) is 9.05. The molecule has 1 unspecified atom stereocenters. The number of phosphoric ester groups is 1. The van der Waals surface area contributed by atoms with Crippen LogP contribution in [0.2, 0.25) is 0 Å². The molecule has 0 bridgehead atoms. The van der Waals surface area contributed by atoms with Gasteiger partial charge in [-0.25, -0.2) is 4.57 Å². The maximum Gasteiger partial charge on any atom is 0.472 e. The number of phosphoric acid groups is 1. The standard InChI is InChI=1S/C34H72NO4P/c1-4-7-10-13-16-17-20-23-28-33-38-40(36,37)39-34-29-24-27-32-35(30-25-21-18-14-11-8-5-2)31-26-22-19-15-12-9-6-3/h4-34H2,1-3H3,(H,36,37). The van der Waals surface area contributed by atoms with E-state index in [4.69, 9.17) is 9.05 Å². The minimum absolute atomic E-state index is 0.307. The summed E-state index contributed by atoms with van der Waals surface area (Å²) in [5, 5.41) is 0. The van der Waals surface area contributed by atoms with Gasteiger partial charge in [-0.05, 0) is 58.2 Å². The zero-order valence-corrected chi connectivity index (χ0v) is 28.4. The van der Waals surface area contributed by atoms with Gasteiger partial charge in [-0.3, -0.25) is 9.05 Å². The Morgan fingerprint density at radius 2 is 0.675 bits per heavy atom. The maximum absolute atomic E-state index is 12.2. The summed E-state index contributed by atoms with van der Waals surface area (Å²) in [6.07, 6.45) is 33.0. The Hall–Kier alpha value is 0.0700. The van der Waals surface area contributed by atoms with Gasteiger partial charge in [0, 0.05) is 0 Å². The highest BCUT2D eigenvalue weighted by Crippen LogP contribution is 2.43. The van der Waals surface area contributed by atoms with Crippen molar-refractivity contribution in [2.45, 2.75) is 188 Å². The van der Waals surface area contributed by atoms with Crippen molar-refractivity contribution in [1.29, 1.82) is 0 Å². The largest absolute Gasteiger partial charge is 0.472 e. The summed E-state index contributed by atoms with van der Waals surface area (Å²) in [5.74, 6) is 0. The molecule has 0 aliphatic heterocycles. The molecule has 0 fully saturated rings. The van der Waals surface area contributed by atoms with E-state index in [1.54, 1.807) is 0 Å². The van der Waals surface area contributed by atoms with E-state index >= 15 is 0 Å². The lowest BCUT2D eigenvalue weighted by Gasteiger charge is -2.22. The summed E-state index contributed by atoms with van der Waals surface area (Å²) in [5.41, 5.74) is 0. The molecule has 242 valence electrons. The van der Waals surface area contributed by atoms with Crippen molar-refractivity contribution in [1.82, 2.24) is 4.90 Å². The van der Waals surface area contributed by atoms with E-state index in [9.17, 15) is 9.46 Å². The lowest BCUT2D eigenvalue weighted by molar-refractivity contribution is 0.144. The second-order valence-corrected chi connectivity index (χ2v) is 13.6.